The molecule has 0 spiro atoms. The molecule has 0 aromatic heterocycles. The molecule has 0 saturated heterocycles. The van der Waals surface area contributed by atoms with E-state index < -0.39 is 7.75 Å². The SMILES string of the molecule is CCCCN(CC)P(=O)(OCC)OCC. The van der Waals surface area contributed by atoms with E-state index in [4.69, 9.17) is 9.05 Å². The van der Waals surface area contributed by atoms with E-state index in [1.54, 1.807) is 0 Å². The van der Waals surface area contributed by atoms with Crippen molar-refractivity contribution in [2.75, 3.05) is 26.3 Å². The molecule has 0 fully saturated rings. The summed E-state index contributed by atoms with van der Waals surface area (Å²) in [6, 6.07) is 0. The molecule has 5 heteroatoms. The highest BCUT2D eigenvalue weighted by Crippen LogP contribution is 2.51. The zero-order valence-electron chi connectivity index (χ0n) is 10.4. The van der Waals surface area contributed by atoms with Gasteiger partial charge in [-0.2, -0.15) is 0 Å². The highest BCUT2D eigenvalue weighted by Gasteiger charge is 2.30. The number of nitrogens with zero attached hydrogens (tertiary/aromatic N) is 1. The monoisotopic (exact) mass is 237 g/mol. The Morgan fingerprint density at radius 2 is 1.60 bits per heavy atom. The minimum Gasteiger partial charge on any atom is -0.297 e. The first kappa shape index (κ1) is 15.1. The summed E-state index contributed by atoms with van der Waals surface area (Å²) < 4.78 is 24.7. The summed E-state index contributed by atoms with van der Waals surface area (Å²) in [6.07, 6.45) is 2.09. The van der Waals surface area contributed by atoms with E-state index in [9.17, 15) is 4.57 Å². The molecule has 0 radical (unpaired) electrons. The van der Waals surface area contributed by atoms with E-state index in [-0.39, 0.29) is 0 Å². The molecule has 0 aliphatic heterocycles. The molecular weight excluding hydrogens is 213 g/mol. The average molecular weight is 237 g/mol. The lowest BCUT2D eigenvalue weighted by Crippen LogP contribution is -2.24. The summed E-state index contributed by atoms with van der Waals surface area (Å²) in [6.45, 7) is 10.0. The maximum Gasteiger partial charge on any atom is 0.408 e. The lowest BCUT2D eigenvalue weighted by molar-refractivity contribution is 0.168. The van der Waals surface area contributed by atoms with Crippen molar-refractivity contribution in [2.45, 2.75) is 40.5 Å². The molecule has 0 aromatic rings. The molecule has 0 bridgehead atoms. The molecule has 0 aliphatic carbocycles. The lowest BCUT2D eigenvalue weighted by Gasteiger charge is -2.28. The molecule has 0 atom stereocenters. The largest absolute Gasteiger partial charge is 0.408 e. The summed E-state index contributed by atoms with van der Waals surface area (Å²) in [7, 11) is -3.03. The maximum atomic E-state index is 12.3. The first-order chi connectivity index (χ1) is 7.14. The van der Waals surface area contributed by atoms with E-state index in [1.807, 2.05) is 25.4 Å². The van der Waals surface area contributed by atoms with Crippen LogP contribution in [0.3, 0.4) is 0 Å². The van der Waals surface area contributed by atoms with Crippen molar-refractivity contribution in [3.8, 4) is 0 Å². The predicted octanol–water partition coefficient (Wildman–Crippen LogP) is 3.29. The van der Waals surface area contributed by atoms with Crippen molar-refractivity contribution in [1.29, 1.82) is 0 Å². The topological polar surface area (TPSA) is 38.8 Å². The second-order valence-corrected chi connectivity index (χ2v) is 5.22. The molecule has 0 heterocycles. The van der Waals surface area contributed by atoms with E-state index in [1.165, 1.54) is 0 Å². The van der Waals surface area contributed by atoms with Gasteiger partial charge in [-0.3, -0.25) is 9.05 Å². The highest BCUT2D eigenvalue weighted by atomic mass is 31.2. The average Bonchev–Trinajstić information content (AvgIpc) is 2.19. The third-order valence-corrected chi connectivity index (χ3v) is 4.41. The second kappa shape index (κ2) is 8.28. The standard InChI is InChI=1S/C10H24NO3P/c1-5-9-10-11(6-2)15(12,13-7-3)14-8-4/h5-10H2,1-4H3. The number of hydrogen-bond acceptors (Lipinski definition) is 3. The Bertz CT molecular complexity index is 189. The van der Waals surface area contributed by atoms with E-state index in [2.05, 4.69) is 6.92 Å². The molecule has 0 aromatic carbocycles. The minimum atomic E-state index is -3.03. The van der Waals surface area contributed by atoms with E-state index >= 15 is 0 Å². The van der Waals surface area contributed by atoms with Crippen molar-refractivity contribution in [2.24, 2.45) is 0 Å². The Morgan fingerprint density at radius 1 is 1.07 bits per heavy atom. The van der Waals surface area contributed by atoms with Gasteiger partial charge in [-0.1, -0.05) is 20.3 Å². The van der Waals surface area contributed by atoms with Gasteiger partial charge >= 0.3 is 7.75 Å². The Morgan fingerprint density at radius 3 is 1.93 bits per heavy atom. The van der Waals surface area contributed by atoms with Gasteiger partial charge in [0.15, 0.2) is 0 Å². The number of rotatable bonds is 9. The quantitative estimate of drug-likeness (QED) is 0.577. The fraction of sp³-hybridized carbons (Fsp3) is 1.00. The van der Waals surface area contributed by atoms with Gasteiger partial charge in [0.1, 0.15) is 0 Å². The van der Waals surface area contributed by atoms with Crippen molar-refractivity contribution in [3.05, 3.63) is 0 Å². The summed E-state index contributed by atoms with van der Waals surface area (Å²) >= 11 is 0. The molecule has 92 valence electrons. The molecule has 0 unspecified atom stereocenters. The molecule has 0 aliphatic rings. The van der Waals surface area contributed by atoms with Gasteiger partial charge in [0.2, 0.25) is 0 Å². The van der Waals surface area contributed by atoms with E-state index in [0.29, 0.717) is 19.8 Å². The Labute approximate surface area is 93.5 Å². The summed E-state index contributed by atoms with van der Waals surface area (Å²) in [5.41, 5.74) is 0. The Hall–Kier alpha value is 0.110. The summed E-state index contributed by atoms with van der Waals surface area (Å²) in [5, 5.41) is 0. The highest BCUT2D eigenvalue weighted by molar-refractivity contribution is 7.51. The summed E-state index contributed by atoms with van der Waals surface area (Å²) in [4.78, 5) is 0. The van der Waals surface area contributed by atoms with Gasteiger partial charge in [-0.15, -0.1) is 0 Å². The smallest absolute Gasteiger partial charge is 0.297 e. The molecule has 0 amide bonds. The molecule has 15 heavy (non-hydrogen) atoms. The molecule has 0 rings (SSSR count). The first-order valence-corrected chi connectivity index (χ1v) is 7.28. The Kier molecular flexibility index (Phi) is 8.34. The second-order valence-electron chi connectivity index (χ2n) is 3.20. The van der Waals surface area contributed by atoms with Crippen molar-refractivity contribution in [1.82, 2.24) is 4.67 Å². The van der Waals surface area contributed by atoms with Crippen LogP contribution in [0.2, 0.25) is 0 Å². The fourth-order valence-corrected chi connectivity index (χ4v) is 3.11. The zero-order chi connectivity index (χ0) is 11.7. The third-order valence-electron chi connectivity index (χ3n) is 2.07. The van der Waals surface area contributed by atoms with Gasteiger partial charge in [0, 0.05) is 13.1 Å². The zero-order valence-corrected chi connectivity index (χ0v) is 11.3. The summed E-state index contributed by atoms with van der Waals surface area (Å²) in [5.74, 6) is 0. The third kappa shape index (κ3) is 5.12. The van der Waals surface area contributed by atoms with Gasteiger partial charge in [-0.05, 0) is 20.3 Å². The molecule has 0 N–H and O–H groups in total. The molecule has 4 nitrogen and oxygen atoms in total. The Balaban J connectivity index is 4.46. The molecular formula is C10H24NO3P. The van der Waals surface area contributed by atoms with Crippen LogP contribution >= 0.6 is 7.75 Å². The van der Waals surface area contributed by atoms with Crippen LogP contribution in [0.4, 0.5) is 0 Å². The van der Waals surface area contributed by atoms with Crippen LogP contribution in [0.5, 0.6) is 0 Å². The van der Waals surface area contributed by atoms with Crippen LogP contribution in [0.15, 0.2) is 0 Å². The number of unbranched alkanes of at least 4 members (excludes halogenated alkanes) is 1. The van der Waals surface area contributed by atoms with Crippen molar-refractivity contribution >= 4 is 7.75 Å². The lowest BCUT2D eigenvalue weighted by atomic mass is 10.3. The predicted molar refractivity (Wildman–Crippen MR) is 63.0 cm³/mol. The normalized spacial score (nSPS) is 12.3. The van der Waals surface area contributed by atoms with Crippen molar-refractivity contribution in [3.63, 3.8) is 0 Å². The van der Waals surface area contributed by atoms with Gasteiger partial charge < -0.3 is 0 Å². The van der Waals surface area contributed by atoms with Crippen LogP contribution in [-0.2, 0) is 13.6 Å². The first-order valence-electron chi connectivity index (χ1n) is 5.79. The molecule has 0 saturated carbocycles. The van der Waals surface area contributed by atoms with Crippen LogP contribution < -0.4 is 0 Å². The maximum absolute atomic E-state index is 12.3. The van der Waals surface area contributed by atoms with Crippen LogP contribution in [0.1, 0.15) is 40.5 Å². The van der Waals surface area contributed by atoms with Crippen LogP contribution in [-0.4, -0.2) is 31.0 Å². The van der Waals surface area contributed by atoms with E-state index in [0.717, 1.165) is 19.4 Å². The van der Waals surface area contributed by atoms with Crippen molar-refractivity contribution < 1.29 is 13.6 Å². The van der Waals surface area contributed by atoms with Crippen LogP contribution in [0.25, 0.3) is 0 Å². The van der Waals surface area contributed by atoms with Crippen LogP contribution in [0, 0.1) is 0 Å². The van der Waals surface area contributed by atoms with Gasteiger partial charge in [0.25, 0.3) is 0 Å². The number of hydrogen-bond donors (Lipinski definition) is 0. The minimum absolute atomic E-state index is 0.417. The van der Waals surface area contributed by atoms with Gasteiger partial charge in [0.05, 0.1) is 13.2 Å². The fourth-order valence-electron chi connectivity index (χ4n) is 1.32. The van der Waals surface area contributed by atoms with Gasteiger partial charge in [-0.25, -0.2) is 9.24 Å².